The highest BCUT2D eigenvalue weighted by Gasteiger charge is 2.04. The first-order valence-electron chi connectivity index (χ1n) is 5.10. The Bertz CT molecular complexity index is 389. The second-order valence-corrected chi connectivity index (χ2v) is 3.78. The van der Waals surface area contributed by atoms with Crippen LogP contribution in [-0.4, -0.2) is 16.9 Å². The van der Waals surface area contributed by atoms with Gasteiger partial charge in [-0.2, -0.15) is 0 Å². The molecule has 0 saturated carbocycles. The van der Waals surface area contributed by atoms with Crippen LogP contribution in [0.3, 0.4) is 0 Å². The molecule has 0 aliphatic heterocycles. The third-order valence-electron chi connectivity index (χ3n) is 2.23. The van der Waals surface area contributed by atoms with Gasteiger partial charge in [0.05, 0.1) is 11.8 Å². The maximum Gasteiger partial charge on any atom is 0.145 e. The lowest BCUT2D eigenvalue weighted by Crippen LogP contribution is -2.12. The van der Waals surface area contributed by atoms with E-state index in [0.29, 0.717) is 11.3 Å². The molecule has 0 bridgehead atoms. The number of hydrogen-bond donors (Lipinski definition) is 1. The van der Waals surface area contributed by atoms with Gasteiger partial charge in [0, 0.05) is 5.56 Å². The van der Waals surface area contributed by atoms with Gasteiger partial charge in [-0.3, -0.25) is 0 Å². The Kier molecular flexibility index (Phi) is 4.43. The largest absolute Gasteiger partial charge is 0.391 e. The van der Waals surface area contributed by atoms with Crippen LogP contribution in [0, 0.1) is 12.7 Å². The van der Waals surface area contributed by atoms with Crippen LogP contribution in [0.1, 0.15) is 25.0 Å². The van der Waals surface area contributed by atoms with Crippen LogP contribution in [0.4, 0.5) is 4.39 Å². The zero-order valence-electron chi connectivity index (χ0n) is 9.70. The molecule has 1 rings (SSSR count). The summed E-state index contributed by atoms with van der Waals surface area (Å²) in [5, 5.41) is 12.8. The van der Waals surface area contributed by atoms with Gasteiger partial charge < -0.3 is 9.94 Å². The van der Waals surface area contributed by atoms with Crippen LogP contribution >= 0.6 is 0 Å². The molecule has 0 spiro atoms. The smallest absolute Gasteiger partial charge is 0.145 e. The molecule has 1 N–H and O–H groups in total. The van der Waals surface area contributed by atoms with Crippen LogP contribution in [-0.2, 0) is 11.4 Å². The predicted octanol–water partition coefficient (Wildman–Crippen LogP) is 2.41. The van der Waals surface area contributed by atoms with Crippen molar-refractivity contribution in [3.8, 4) is 0 Å². The summed E-state index contributed by atoms with van der Waals surface area (Å²) in [6, 6.07) is 4.81. The molecule has 1 atom stereocenters. The zero-order chi connectivity index (χ0) is 12.1. The number of benzene rings is 1. The Hall–Kier alpha value is -1.42. The topological polar surface area (TPSA) is 41.8 Å². The van der Waals surface area contributed by atoms with E-state index in [0.717, 1.165) is 5.56 Å². The van der Waals surface area contributed by atoms with E-state index in [4.69, 9.17) is 9.94 Å². The van der Waals surface area contributed by atoms with Gasteiger partial charge >= 0.3 is 0 Å². The van der Waals surface area contributed by atoms with Gasteiger partial charge in [-0.1, -0.05) is 16.8 Å². The number of oxime groups is 1. The molecule has 0 aliphatic carbocycles. The lowest BCUT2D eigenvalue weighted by atomic mass is 10.1. The van der Waals surface area contributed by atoms with Gasteiger partial charge in [0.2, 0.25) is 0 Å². The molecule has 1 unspecified atom stereocenters. The summed E-state index contributed by atoms with van der Waals surface area (Å²) in [7, 11) is 0. The number of halogens is 1. The lowest BCUT2D eigenvalue weighted by molar-refractivity contribution is 0.122. The summed E-state index contributed by atoms with van der Waals surface area (Å²) >= 11 is 0. The van der Waals surface area contributed by atoms with Crippen molar-refractivity contribution in [2.75, 3.05) is 0 Å². The number of aryl methyl sites for hydroxylation is 1. The summed E-state index contributed by atoms with van der Waals surface area (Å²) in [5.41, 5.74) is 1.89. The van der Waals surface area contributed by atoms with E-state index in [-0.39, 0.29) is 12.4 Å². The van der Waals surface area contributed by atoms with E-state index in [2.05, 4.69) is 5.16 Å². The van der Waals surface area contributed by atoms with Crippen molar-refractivity contribution >= 4 is 5.71 Å². The molecular weight excluding hydrogens is 209 g/mol. The van der Waals surface area contributed by atoms with Crippen molar-refractivity contribution < 1.29 is 14.3 Å². The fraction of sp³-hybridized carbons (Fsp3) is 0.417. The lowest BCUT2D eigenvalue weighted by Gasteiger charge is -2.05. The first kappa shape index (κ1) is 12.6. The van der Waals surface area contributed by atoms with Crippen LogP contribution in [0.25, 0.3) is 0 Å². The summed E-state index contributed by atoms with van der Waals surface area (Å²) in [6.45, 7) is 5.19. The molecule has 0 aliphatic rings. The molecule has 1 aromatic rings. The molecule has 16 heavy (non-hydrogen) atoms. The van der Waals surface area contributed by atoms with Crippen molar-refractivity contribution in [1.82, 2.24) is 0 Å². The average molecular weight is 225 g/mol. The van der Waals surface area contributed by atoms with Gasteiger partial charge in [-0.15, -0.1) is 0 Å². The number of hydrogen-bond acceptors (Lipinski definition) is 3. The number of aliphatic hydroxyl groups excluding tert-OH is 1. The highest BCUT2D eigenvalue weighted by Crippen LogP contribution is 2.11. The molecular formula is C12H16FNO2. The Morgan fingerprint density at radius 1 is 1.56 bits per heavy atom. The maximum atomic E-state index is 13.3. The molecule has 0 amide bonds. The second-order valence-electron chi connectivity index (χ2n) is 3.78. The van der Waals surface area contributed by atoms with Crippen molar-refractivity contribution in [1.29, 1.82) is 0 Å². The van der Waals surface area contributed by atoms with Crippen molar-refractivity contribution in [3.05, 3.63) is 35.1 Å². The number of nitrogens with zero attached hydrogens (tertiary/aromatic N) is 1. The summed E-state index contributed by atoms with van der Waals surface area (Å²) < 4.78 is 13.3. The number of rotatable bonds is 4. The summed E-state index contributed by atoms with van der Waals surface area (Å²) in [6.07, 6.45) is -0.651. The second kappa shape index (κ2) is 5.61. The predicted molar refractivity (Wildman–Crippen MR) is 60.7 cm³/mol. The molecule has 88 valence electrons. The van der Waals surface area contributed by atoms with Crippen molar-refractivity contribution in [2.45, 2.75) is 33.5 Å². The Morgan fingerprint density at radius 2 is 2.25 bits per heavy atom. The molecule has 0 radical (unpaired) electrons. The van der Waals surface area contributed by atoms with Gasteiger partial charge in [0.15, 0.2) is 0 Å². The van der Waals surface area contributed by atoms with Crippen LogP contribution in [0.5, 0.6) is 0 Å². The fourth-order valence-corrected chi connectivity index (χ4v) is 1.09. The van der Waals surface area contributed by atoms with E-state index >= 15 is 0 Å². The monoisotopic (exact) mass is 225 g/mol. The Balaban J connectivity index is 2.61. The summed E-state index contributed by atoms with van der Waals surface area (Å²) in [4.78, 5) is 4.97. The van der Waals surface area contributed by atoms with E-state index < -0.39 is 6.10 Å². The molecule has 4 heteroatoms. The molecule has 0 heterocycles. The third-order valence-corrected chi connectivity index (χ3v) is 2.23. The average Bonchev–Trinajstić information content (AvgIpc) is 2.22. The standard InChI is InChI=1S/C12H16FNO2/c1-8-4-5-12(13)11(6-8)7-16-14-9(2)10(3)15/h4-6,10,15H,7H2,1-3H3/b14-9+. The summed E-state index contributed by atoms with van der Waals surface area (Å²) in [5.74, 6) is -0.310. The Morgan fingerprint density at radius 3 is 2.88 bits per heavy atom. The minimum Gasteiger partial charge on any atom is -0.391 e. The third kappa shape index (κ3) is 3.62. The van der Waals surface area contributed by atoms with Gasteiger partial charge in [-0.25, -0.2) is 4.39 Å². The van der Waals surface area contributed by atoms with Gasteiger partial charge in [0.25, 0.3) is 0 Å². The van der Waals surface area contributed by atoms with E-state index in [1.165, 1.54) is 6.07 Å². The van der Waals surface area contributed by atoms with Gasteiger partial charge in [0.1, 0.15) is 12.4 Å². The van der Waals surface area contributed by atoms with Crippen LogP contribution in [0.2, 0.25) is 0 Å². The molecule has 1 aromatic carbocycles. The van der Waals surface area contributed by atoms with Gasteiger partial charge in [-0.05, 0) is 32.9 Å². The van der Waals surface area contributed by atoms with E-state index in [1.807, 2.05) is 6.92 Å². The molecule has 0 saturated heterocycles. The minimum absolute atomic E-state index is 0.0670. The zero-order valence-corrected chi connectivity index (χ0v) is 9.70. The molecule has 0 aromatic heterocycles. The fourth-order valence-electron chi connectivity index (χ4n) is 1.09. The SMILES string of the molecule is C/C(=N\OCc1cc(C)ccc1F)C(C)O. The van der Waals surface area contributed by atoms with Crippen LogP contribution in [0.15, 0.2) is 23.4 Å². The highest BCUT2D eigenvalue weighted by molar-refractivity contribution is 5.85. The van der Waals surface area contributed by atoms with Crippen molar-refractivity contribution in [2.24, 2.45) is 5.16 Å². The maximum absolute atomic E-state index is 13.3. The van der Waals surface area contributed by atoms with E-state index in [9.17, 15) is 4.39 Å². The first-order valence-corrected chi connectivity index (χ1v) is 5.10. The Labute approximate surface area is 94.5 Å². The molecule has 0 fully saturated rings. The quantitative estimate of drug-likeness (QED) is 0.631. The van der Waals surface area contributed by atoms with Crippen molar-refractivity contribution in [3.63, 3.8) is 0 Å². The number of aliphatic hydroxyl groups is 1. The minimum atomic E-state index is -0.651. The highest BCUT2D eigenvalue weighted by atomic mass is 19.1. The molecule has 3 nitrogen and oxygen atoms in total. The first-order chi connectivity index (χ1) is 7.50. The normalized spacial score (nSPS) is 13.7. The van der Waals surface area contributed by atoms with E-state index in [1.54, 1.807) is 26.0 Å². The van der Waals surface area contributed by atoms with Crippen LogP contribution < -0.4 is 0 Å².